The summed E-state index contributed by atoms with van der Waals surface area (Å²) >= 11 is 0. The van der Waals surface area contributed by atoms with Crippen LogP contribution in [-0.4, -0.2) is 12.5 Å². The molecule has 0 aromatic heterocycles. The molecule has 88 valence electrons. The van der Waals surface area contributed by atoms with Crippen molar-refractivity contribution in [1.82, 2.24) is 0 Å². The van der Waals surface area contributed by atoms with Crippen molar-refractivity contribution in [1.29, 1.82) is 0 Å². The van der Waals surface area contributed by atoms with Crippen molar-refractivity contribution in [2.45, 2.75) is 27.7 Å². The van der Waals surface area contributed by atoms with E-state index in [-0.39, 0.29) is 11.8 Å². The van der Waals surface area contributed by atoms with Gasteiger partial charge in [-0.3, -0.25) is 4.79 Å². The average molecular weight is 221 g/mol. The number of rotatable bonds is 4. The lowest BCUT2D eigenvalue weighted by Gasteiger charge is -2.11. The summed E-state index contributed by atoms with van der Waals surface area (Å²) in [5, 5.41) is 2.86. The summed E-state index contributed by atoms with van der Waals surface area (Å²) in [4.78, 5) is 11.5. The molecule has 3 heteroatoms. The van der Waals surface area contributed by atoms with Gasteiger partial charge in [0.2, 0.25) is 5.91 Å². The van der Waals surface area contributed by atoms with Crippen molar-refractivity contribution in [3.63, 3.8) is 0 Å². The van der Waals surface area contributed by atoms with E-state index in [1.165, 1.54) is 0 Å². The van der Waals surface area contributed by atoms with E-state index < -0.39 is 0 Å². The molecule has 0 fully saturated rings. The van der Waals surface area contributed by atoms with E-state index in [2.05, 4.69) is 5.32 Å². The third kappa shape index (κ3) is 3.57. The second-order valence-electron chi connectivity index (χ2n) is 4.11. The molecule has 0 radical (unpaired) electrons. The Morgan fingerprint density at radius 2 is 2.06 bits per heavy atom. The zero-order valence-corrected chi connectivity index (χ0v) is 10.3. The van der Waals surface area contributed by atoms with Gasteiger partial charge in [-0.15, -0.1) is 0 Å². The summed E-state index contributed by atoms with van der Waals surface area (Å²) in [5.41, 5.74) is 1.87. The Morgan fingerprint density at radius 1 is 1.38 bits per heavy atom. The van der Waals surface area contributed by atoms with Crippen LogP contribution in [0.2, 0.25) is 0 Å². The standard InChI is InChI=1S/C13H19NO2/c1-5-16-12-7-10(4)6-11(8-12)14-13(15)9(2)3/h6-9H,5H2,1-4H3,(H,14,15). The number of hydrogen-bond donors (Lipinski definition) is 1. The summed E-state index contributed by atoms with van der Waals surface area (Å²) in [5.74, 6) is 0.797. The molecular formula is C13H19NO2. The molecule has 1 rings (SSSR count). The first-order valence-corrected chi connectivity index (χ1v) is 5.58. The summed E-state index contributed by atoms with van der Waals surface area (Å²) in [6.07, 6.45) is 0. The maximum atomic E-state index is 11.5. The van der Waals surface area contributed by atoms with E-state index in [0.29, 0.717) is 6.61 Å². The lowest BCUT2D eigenvalue weighted by molar-refractivity contribution is -0.118. The van der Waals surface area contributed by atoms with Crippen molar-refractivity contribution in [3.05, 3.63) is 23.8 Å². The van der Waals surface area contributed by atoms with Crippen LogP contribution in [0.5, 0.6) is 5.75 Å². The normalized spacial score (nSPS) is 10.3. The van der Waals surface area contributed by atoms with E-state index in [1.54, 1.807) is 0 Å². The summed E-state index contributed by atoms with van der Waals surface area (Å²) in [7, 11) is 0. The van der Waals surface area contributed by atoms with Crippen LogP contribution in [0.1, 0.15) is 26.3 Å². The van der Waals surface area contributed by atoms with E-state index in [0.717, 1.165) is 17.0 Å². The highest BCUT2D eigenvalue weighted by atomic mass is 16.5. The van der Waals surface area contributed by atoms with Gasteiger partial charge in [-0.05, 0) is 31.5 Å². The number of amides is 1. The van der Waals surface area contributed by atoms with Crippen LogP contribution in [-0.2, 0) is 4.79 Å². The fraction of sp³-hybridized carbons (Fsp3) is 0.462. The molecule has 1 aromatic carbocycles. The van der Waals surface area contributed by atoms with Crippen LogP contribution in [0, 0.1) is 12.8 Å². The van der Waals surface area contributed by atoms with Crippen molar-refractivity contribution >= 4 is 11.6 Å². The Bertz CT molecular complexity index is 372. The molecule has 0 saturated carbocycles. The minimum Gasteiger partial charge on any atom is -0.494 e. The summed E-state index contributed by atoms with van der Waals surface area (Å²) in [6, 6.07) is 5.73. The second kappa shape index (κ2) is 5.54. The Kier molecular flexibility index (Phi) is 4.35. The molecular weight excluding hydrogens is 202 g/mol. The molecule has 0 heterocycles. The van der Waals surface area contributed by atoms with Crippen molar-refractivity contribution in [2.24, 2.45) is 5.92 Å². The molecule has 3 nitrogen and oxygen atoms in total. The SMILES string of the molecule is CCOc1cc(C)cc(NC(=O)C(C)C)c1. The molecule has 1 amide bonds. The zero-order valence-electron chi connectivity index (χ0n) is 10.3. The predicted octanol–water partition coefficient (Wildman–Crippen LogP) is 2.99. The third-order valence-corrected chi connectivity index (χ3v) is 2.15. The van der Waals surface area contributed by atoms with Crippen LogP contribution in [0.25, 0.3) is 0 Å². The molecule has 1 N–H and O–H groups in total. The number of aryl methyl sites for hydroxylation is 1. The van der Waals surface area contributed by atoms with Crippen LogP contribution in [0.4, 0.5) is 5.69 Å². The quantitative estimate of drug-likeness (QED) is 0.848. The van der Waals surface area contributed by atoms with E-state index in [1.807, 2.05) is 45.9 Å². The Hall–Kier alpha value is -1.51. The molecule has 1 aromatic rings. The fourth-order valence-electron chi connectivity index (χ4n) is 1.36. The second-order valence-corrected chi connectivity index (χ2v) is 4.11. The van der Waals surface area contributed by atoms with Gasteiger partial charge >= 0.3 is 0 Å². The topological polar surface area (TPSA) is 38.3 Å². The average Bonchev–Trinajstić information content (AvgIpc) is 2.16. The maximum absolute atomic E-state index is 11.5. The van der Waals surface area contributed by atoms with Gasteiger partial charge in [0.25, 0.3) is 0 Å². The van der Waals surface area contributed by atoms with Gasteiger partial charge in [0.1, 0.15) is 5.75 Å². The lowest BCUT2D eigenvalue weighted by atomic mass is 10.1. The van der Waals surface area contributed by atoms with Crippen molar-refractivity contribution < 1.29 is 9.53 Å². The minimum atomic E-state index is -0.0175. The first-order valence-electron chi connectivity index (χ1n) is 5.58. The molecule has 0 aliphatic carbocycles. The maximum Gasteiger partial charge on any atom is 0.226 e. The van der Waals surface area contributed by atoms with Crippen LogP contribution >= 0.6 is 0 Å². The number of anilines is 1. The minimum absolute atomic E-state index is 0.0175. The zero-order chi connectivity index (χ0) is 12.1. The number of benzene rings is 1. The van der Waals surface area contributed by atoms with Crippen LogP contribution < -0.4 is 10.1 Å². The van der Waals surface area contributed by atoms with Gasteiger partial charge in [0.15, 0.2) is 0 Å². The Morgan fingerprint density at radius 3 is 2.62 bits per heavy atom. The molecule has 0 atom stereocenters. The summed E-state index contributed by atoms with van der Waals surface area (Å²) < 4.78 is 5.42. The molecule has 0 unspecified atom stereocenters. The predicted molar refractivity (Wildman–Crippen MR) is 65.8 cm³/mol. The van der Waals surface area contributed by atoms with Crippen LogP contribution in [0.15, 0.2) is 18.2 Å². The van der Waals surface area contributed by atoms with Gasteiger partial charge in [0, 0.05) is 17.7 Å². The number of nitrogens with one attached hydrogen (secondary N) is 1. The van der Waals surface area contributed by atoms with Gasteiger partial charge in [-0.2, -0.15) is 0 Å². The number of carbonyl (C=O) groups excluding carboxylic acids is 1. The smallest absolute Gasteiger partial charge is 0.226 e. The first kappa shape index (κ1) is 12.6. The molecule has 0 aliphatic heterocycles. The van der Waals surface area contributed by atoms with Gasteiger partial charge in [-0.25, -0.2) is 0 Å². The Labute approximate surface area is 96.8 Å². The molecule has 0 saturated heterocycles. The Balaban J connectivity index is 2.83. The molecule has 16 heavy (non-hydrogen) atoms. The summed E-state index contributed by atoms with van der Waals surface area (Å²) in [6.45, 7) is 8.28. The number of hydrogen-bond acceptors (Lipinski definition) is 2. The van der Waals surface area contributed by atoms with Crippen molar-refractivity contribution in [2.75, 3.05) is 11.9 Å². The largest absolute Gasteiger partial charge is 0.494 e. The first-order chi connectivity index (χ1) is 7.52. The molecule has 0 spiro atoms. The monoisotopic (exact) mass is 221 g/mol. The van der Waals surface area contributed by atoms with Gasteiger partial charge in [0.05, 0.1) is 6.61 Å². The molecule has 0 bridgehead atoms. The van der Waals surface area contributed by atoms with Gasteiger partial charge in [-0.1, -0.05) is 13.8 Å². The highest BCUT2D eigenvalue weighted by Crippen LogP contribution is 2.21. The van der Waals surface area contributed by atoms with Crippen LogP contribution in [0.3, 0.4) is 0 Å². The van der Waals surface area contributed by atoms with E-state index >= 15 is 0 Å². The van der Waals surface area contributed by atoms with Crippen molar-refractivity contribution in [3.8, 4) is 5.75 Å². The van der Waals surface area contributed by atoms with E-state index in [4.69, 9.17) is 4.74 Å². The molecule has 0 aliphatic rings. The number of ether oxygens (including phenoxy) is 1. The fourth-order valence-corrected chi connectivity index (χ4v) is 1.36. The highest BCUT2D eigenvalue weighted by molar-refractivity contribution is 5.92. The number of carbonyl (C=O) groups is 1. The third-order valence-electron chi connectivity index (χ3n) is 2.15. The highest BCUT2D eigenvalue weighted by Gasteiger charge is 2.08. The lowest BCUT2D eigenvalue weighted by Crippen LogP contribution is -2.17. The van der Waals surface area contributed by atoms with Gasteiger partial charge < -0.3 is 10.1 Å². The van der Waals surface area contributed by atoms with E-state index in [9.17, 15) is 4.79 Å².